The zero-order valence-electron chi connectivity index (χ0n) is 16.7. The van der Waals surface area contributed by atoms with Crippen LogP contribution < -0.4 is 5.32 Å². The van der Waals surface area contributed by atoms with E-state index in [1.165, 1.54) is 17.3 Å². The van der Waals surface area contributed by atoms with Crippen LogP contribution in [0.3, 0.4) is 0 Å². The summed E-state index contributed by atoms with van der Waals surface area (Å²) in [7, 11) is 0. The predicted molar refractivity (Wildman–Crippen MR) is 129 cm³/mol. The van der Waals surface area contributed by atoms with Gasteiger partial charge in [0.2, 0.25) is 5.91 Å². The molecule has 0 aliphatic carbocycles. The van der Waals surface area contributed by atoms with E-state index in [0.717, 1.165) is 53.6 Å². The van der Waals surface area contributed by atoms with Gasteiger partial charge in [0.1, 0.15) is 4.32 Å². The third-order valence-corrected chi connectivity index (χ3v) is 6.65. The molecule has 0 spiro atoms. The third-order valence-electron chi connectivity index (χ3n) is 5.13. The lowest BCUT2D eigenvalue weighted by molar-refractivity contribution is -0.113. The van der Waals surface area contributed by atoms with Crippen molar-refractivity contribution in [2.45, 2.75) is 6.54 Å². The zero-order chi connectivity index (χ0) is 20.8. The van der Waals surface area contributed by atoms with E-state index in [0.29, 0.717) is 5.75 Å². The molecule has 1 aromatic heterocycles. The molecule has 1 aliphatic heterocycles. The molecule has 7 heteroatoms. The maximum Gasteiger partial charge on any atom is 0.234 e. The lowest BCUT2D eigenvalue weighted by atomic mass is 10.2. The number of pyridine rings is 1. The van der Waals surface area contributed by atoms with Crippen molar-refractivity contribution in [3.8, 4) is 0 Å². The summed E-state index contributed by atoms with van der Waals surface area (Å²) in [6.07, 6.45) is 1.75. The molecule has 0 bridgehead atoms. The number of piperazine rings is 1. The predicted octanol–water partition coefficient (Wildman–Crippen LogP) is 4.01. The highest BCUT2D eigenvalue weighted by atomic mass is 32.2. The van der Waals surface area contributed by atoms with E-state index in [2.05, 4.69) is 44.4 Å². The number of benzene rings is 2. The van der Waals surface area contributed by atoms with Crippen molar-refractivity contribution in [1.29, 1.82) is 0 Å². The molecule has 4 rings (SSSR count). The quantitative estimate of drug-likeness (QED) is 0.610. The first-order valence-corrected chi connectivity index (χ1v) is 11.4. The van der Waals surface area contributed by atoms with Crippen LogP contribution in [0, 0.1) is 0 Å². The summed E-state index contributed by atoms with van der Waals surface area (Å²) in [4.78, 5) is 21.4. The van der Waals surface area contributed by atoms with E-state index in [9.17, 15) is 4.79 Å². The topological polar surface area (TPSA) is 48.5 Å². The van der Waals surface area contributed by atoms with Crippen molar-refractivity contribution in [3.05, 3.63) is 72.4 Å². The molecule has 2 heterocycles. The number of rotatable bonds is 5. The molecule has 0 saturated carbocycles. The Kier molecular flexibility index (Phi) is 6.94. The van der Waals surface area contributed by atoms with Gasteiger partial charge in [0.25, 0.3) is 0 Å². The molecule has 1 N–H and O–H groups in total. The SMILES string of the molecule is O=C(CSC(=S)N1CCN(Cc2ccccc2)CC1)Nc1cccc2ncccc12. The van der Waals surface area contributed by atoms with Crippen LogP contribution in [0.5, 0.6) is 0 Å². The molecule has 154 valence electrons. The fourth-order valence-electron chi connectivity index (χ4n) is 3.55. The van der Waals surface area contributed by atoms with Crippen LogP contribution >= 0.6 is 24.0 Å². The van der Waals surface area contributed by atoms with Gasteiger partial charge in [-0.15, -0.1) is 0 Å². The molecular weight excluding hydrogens is 412 g/mol. The number of aromatic nitrogens is 1. The Labute approximate surface area is 186 Å². The van der Waals surface area contributed by atoms with E-state index in [1.807, 2.05) is 36.4 Å². The fraction of sp³-hybridized carbons (Fsp3) is 0.261. The van der Waals surface area contributed by atoms with E-state index in [1.54, 1.807) is 6.20 Å². The normalized spacial score (nSPS) is 14.6. The van der Waals surface area contributed by atoms with Crippen molar-refractivity contribution in [2.75, 3.05) is 37.2 Å². The molecule has 1 saturated heterocycles. The Balaban J connectivity index is 1.23. The van der Waals surface area contributed by atoms with E-state index >= 15 is 0 Å². The second-order valence-electron chi connectivity index (χ2n) is 7.23. The van der Waals surface area contributed by atoms with Crippen molar-refractivity contribution in [1.82, 2.24) is 14.8 Å². The lowest BCUT2D eigenvalue weighted by Crippen LogP contribution is -2.47. The van der Waals surface area contributed by atoms with Crippen molar-refractivity contribution < 1.29 is 4.79 Å². The van der Waals surface area contributed by atoms with Crippen LogP contribution in [0.1, 0.15) is 5.56 Å². The van der Waals surface area contributed by atoms with Gasteiger partial charge in [0, 0.05) is 44.3 Å². The summed E-state index contributed by atoms with van der Waals surface area (Å²) in [5, 5.41) is 3.93. The number of anilines is 1. The average molecular weight is 437 g/mol. The van der Waals surface area contributed by atoms with Crippen LogP contribution in [0.2, 0.25) is 0 Å². The summed E-state index contributed by atoms with van der Waals surface area (Å²) < 4.78 is 0.795. The van der Waals surface area contributed by atoms with Crippen LogP contribution in [0.25, 0.3) is 10.9 Å². The highest BCUT2D eigenvalue weighted by molar-refractivity contribution is 8.23. The van der Waals surface area contributed by atoms with Crippen molar-refractivity contribution in [3.63, 3.8) is 0 Å². The average Bonchev–Trinajstić information content (AvgIpc) is 2.79. The maximum absolute atomic E-state index is 12.5. The van der Waals surface area contributed by atoms with Gasteiger partial charge in [0.15, 0.2) is 0 Å². The van der Waals surface area contributed by atoms with Crippen LogP contribution in [-0.2, 0) is 11.3 Å². The summed E-state index contributed by atoms with van der Waals surface area (Å²) in [5.74, 6) is 0.251. The monoisotopic (exact) mass is 436 g/mol. The second kappa shape index (κ2) is 10.0. The van der Waals surface area contributed by atoms with Crippen molar-refractivity contribution in [2.24, 2.45) is 0 Å². The second-order valence-corrected chi connectivity index (χ2v) is 8.84. The van der Waals surface area contributed by atoms with E-state index in [-0.39, 0.29) is 5.91 Å². The van der Waals surface area contributed by atoms with E-state index < -0.39 is 0 Å². The summed E-state index contributed by atoms with van der Waals surface area (Å²) >= 11 is 7.01. The van der Waals surface area contributed by atoms with Gasteiger partial charge in [-0.2, -0.15) is 0 Å². The molecule has 2 aromatic carbocycles. The maximum atomic E-state index is 12.5. The van der Waals surface area contributed by atoms with Gasteiger partial charge in [-0.3, -0.25) is 14.7 Å². The van der Waals surface area contributed by atoms with Gasteiger partial charge >= 0.3 is 0 Å². The number of fused-ring (bicyclic) bond motifs is 1. The standard InChI is InChI=1S/C23H24N4OS2/c28-22(25-21-10-4-9-20-19(21)8-5-11-24-20)17-30-23(29)27-14-12-26(13-15-27)16-18-6-2-1-3-7-18/h1-11H,12-17H2,(H,25,28). The minimum Gasteiger partial charge on any atom is -0.355 e. The molecule has 1 amide bonds. The van der Waals surface area contributed by atoms with Gasteiger partial charge in [-0.25, -0.2) is 0 Å². The zero-order valence-corrected chi connectivity index (χ0v) is 18.3. The first-order chi connectivity index (χ1) is 14.7. The lowest BCUT2D eigenvalue weighted by Gasteiger charge is -2.35. The molecule has 0 unspecified atom stereocenters. The molecule has 3 aromatic rings. The van der Waals surface area contributed by atoms with Crippen LogP contribution in [0.15, 0.2) is 66.9 Å². The smallest absolute Gasteiger partial charge is 0.234 e. The van der Waals surface area contributed by atoms with Gasteiger partial charge in [-0.05, 0) is 29.8 Å². The van der Waals surface area contributed by atoms with Crippen molar-refractivity contribution >= 4 is 50.8 Å². The van der Waals surface area contributed by atoms with Gasteiger partial charge < -0.3 is 10.2 Å². The number of nitrogens with zero attached hydrogens (tertiary/aromatic N) is 3. The number of thioether (sulfide) groups is 1. The number of nitrogens with one attached hydrogen (secondary N) is 1. The highest BCUT2D eigenvalue weighted by Crippen LogP contribution is 2.22. The van der Waals surface area contributed by atoms with Crippen LogP contribution in [0.4, 0.5) is 5.69 Å². The minimum absolute atomic E-state index is 0.0542. The number of amides is 1. The Hall–Kier alpha value is -2.48. The Morgan fingerprint density at radius 2 is 1.80 bits per heavy atom. The first kappa shape index (κ1) is 20.8. The first-order valence-electron chi connectivity index (χ1n) is 10.0. The molecule has 1 fully saturated rings. The molecule has 30 heavy (non-hydrogen) atoms. The largest absolute Gasteiger partial charge is 0.355 e. The molecule has 0 atom stereocenters. The summed E-state index contributed by atoms with van der Waals surface area (Å²) in [6.45, 7) is 4.72. The highest BCUT2D eigenvalue weighted by Gasteiger charge is 2.20. The number of hydrogen-bond acceptors (Lipinski definition) is 5. The Morgan fingerprint density at radius 1 is 1.00 bits per heavy atom. The molecular formula is C23H24N4OS2. The number of thiocarbonyl (C=S) groups is 1. The fourth-order valence-corrected chi connectivity index (χ4v) is 4.60. The van der Waals surface area contributed by atoms with E-state index in [4.69, 9.17) is 12.2 Å². The minimum atomic E-state index is -0.0542. The number of carbonyl (C=O) groups is 1. The molecule has 5 nitrogen and oxygen atoms in total. The third kappa shape index (κ3) is 5.36. The number of hydrogen-bond donors (Lipinski definition) is 1. The molecule has 1 aliphatic rings. The molecule has 0 radical (unpaired) electrons. The Bertz CT molecular complexity index is 1010. The summed E-state index contributed by atoms with van der Waals surface area (Å²) in [6, 6.07) is 20.1. The van der Waals surface area contributed by atoms with Crippen LogP contribution in [-0.4, -0.2) is 56.9 Å². The van der Waals surface area contributed by atoms with Gasteiger partial charge in [-0.1, -0.05) is 60.4 Å². The Morgan fingerprint density at radius 3 is 2.60 bits per heavy atom. The summed E-state index contributed by atoms with van der Waals surface area (Å²) in [5.41, 5.74) is 2.99. The van der Waals surface area contributed by atoms with Gasteiger partial charge in [0.05, 0.1) is 17.0 Å². The number of carbonyl (C=O) groups excluding carboxylic acids is 1.